The zero-order chi connectivity index (χ0) is 30.9. The molecule has 0 spiro atoms. The molecule has 6 atom stereocenters. The second-order valence-corrected chi connectivity index (χ2v) is 10.8. The van der Waals surface area contributed by atoms with Crippen LogP contribution in [0.25, 0.3) is 0 Å². The molecule has 0 amide bonds. The maximum absolute atomic E-state index is 12.5. The van der Waals surface area contributed by atoms with Gasteiger partial charge in [-0.25, -0.2) is 0 Å². The first-order valence-electron chi connectivity index (χ1n) is 12.6. The lowest BCUT2D eigenvalue weighted by Crippen LogP contribution is -2.68. The van der Waals surface area contributed by atoms with E-state index in [4.69, 9.17) is 32.6 Å². The Balaban J connectivity index is 2.35. The van der Waals surface area contributed by atoms with Gasteiger partial charge in [-0.05, 0) is 25.5 Å². The van der Waals surface area contributed by atoms with E-state index in [9.17, 15) is 32.4 Å². The van der Waals surface area contributed by atoms with E-state index in [0.717, 1.165) is 40.2 Å². The van der Waals surface area contributed by atoms with Crippen LogP contribution in [-0.4, -0.2) is 88.1 Å². The molecule has 0 radical (unpaired) electrons. The molecule has 0 saturated heterocycles. The van der Waals surface area contributed by atoms with Crippen molar-refractivity contribution in [2.45, 2.75) is 89.5 Å². The van der Waals surface area contributed by atoms with Crippen molar-refractivity contribution in [3.05, 3.63) is 29.8 Å². The van der Waals surface area contributed by atoms with Crippen LogP contribution in [0, 0.1) is 6.92 Å². The van der Waals surface area contributed by atoms with Crippen molar-refractivity contribution in [2.75, 3.05) is 13.2 Å². The quantitative estimate of drug-likeness (QED) is 0.144. The van der Waals surface area contributed by atoms with Gasteiger partial charge in [0, 0.05) is 41.2 Å². The minimum Gasteiger partial charge on any atom is -0.455 e. The molecule has 0 heterocycles. The number of rotatable bonds is 12. The third kappa shape index (κ3) is 10.1. The highest BCUT2D eigenvalue weighted by atomic mass is 32.2. The van der Waals surface area contributed by atoms with E-state index in [1.165, 1.54) is 12.1 Å². The summed E-state index contributed by atoms with van der Waals surface area (Å²) in [6.45, 7) is 6.53. The van der Waals surface area contributed by atoms with Gasteiger partial charge in [0.1, 0.15) is 6.10 Å². The van der Waals surface area contributed by atoms with E-state index >= 15 is 0 Å². The van der Waals surface area contributed by atoms with Crippen molar-refractivity contribution in [1.82, 2.24) is 0 Å². The van der Waals surface area contributed by atoms with Gasteiger partial charge >= 0.3 is 29.8 Å². The molecular formula is C26H34O14S. The summed E-state index contributed by atoms with van der Waals surface area (Å²) >= 11 is 0. The number of aryl methyl sites for hydroxylation is 1. The first-order valence-corrected chi connectivity index (χ1v) is 14.0. The molecule has 0 N–H and O–H groups in total. The highest BCUT2D eigenvalue weighted by molar-refractivity contribution is 7.86. The lowest BCUT2D eigenvalue weighted by molar-refractivity contribution is -0.262. The van der Waals surface area contributed by atoms with Crippen LogP contribution in [0.15, 0.2) is 29.2 Å². The topological polar surface area (TPSA) is 184 Å². The number of hydrogen-bond acceptors (Lipinski definition) is 14. The summed E-state index contributed by atoms with van der Waals surface area (Å²) in [6.07, 6.45) is -9.08. The van der Waals surface area contributed by atoms with E-state index in [1.807, 2.05) is 0 Å². The molecule has 1 aliphatic rings. The molecule has 1 saturated carbocycles. The summed E-state index contributed by atoms with van der Waals surface area (Å²) in [5.74, 6) is -4.26. The van der Waals surface area contributed by atoms with Gasteiger partial charge in [-0.15, -0.1) is 0 Å². The Hall–Kier alpha value is -3.56. The summed E-state index contributed by atoms with van der Waals surface area (Å²) in [6, 6.07) is 6.05. The van der Waals surface area contributed by atoms with Crippen LogP contribution in [0.4, 0.5) is 0 Å². The highest BCUT2D eigenvalue weighted by Crippen LogP contribution is 2.34. The lowest BCUT2D eigenvalue weighted by Gasteiger charge is -2.47. The average Bonchev–Trinajstić information content (AvgIpc) is 2.83. The largest absolute Gasteiger partial charge is 0.455 e. The molecule has 1 aliphatic carbocycles. The minimum absolute atomic E-state index is 0.00892. The average molecular weight is 603 g/mol. The summed E-state index contributed by atoms with van der Waals surface area (Å²) in [7, 11) is -4.06. The molecule has 0 bridgehead atoms. The number of ether oxygens (including phenoxy) is 6. The summed E-state index contributed by atoms with van der Waals surface area (Å²) < 4.78 is 62.6. The Kier molecular flexibility index (Phi) is 12.2. The van der Waals surface area contributed by atoms with Gasteiger partial charge in [0.05, 0.1) is 11.5 Å². The van der Waals surface area contributed by atoms with Gasteiger partial charge in [0.25, 0.3) is 10.1 Å². The fourth-order valence-electron chi connectivity index (χ4n) is 4.16. The van der Waals surface area contributed by atoms with Crippen LogP contribution in [-0.2, 0) is 66.7 Å². The molecule has 1 aromatic carbocycles. The summed E-state index contributed by atoms with van der Waals surface area (Å²) in [5, 5.41) is 0. The molecule has 1 fully saturated rings. The predicted octanol–water partition coefficient (Wildman–Crippen LogP) is 1.15. The van der Waals surface area contributed by atoms with Crippen LogP contribution >= 0.6 is 0 Å². The molecule has 0 aromatic heterocycles. The van der Waals surface area contributed by atoms with Gasteiger partial charge in [0.2, 0.25) is 0 Å². The molecule has 41 heavy (non-hydrogen) atoms. The third-order valence-electron chi connectivity index (χ3n) is 5.60. The van der Waals surface area contributed by atoms with Crippen molar-refractivity contribution in [3.63, 3.8) is 0 Å². The van der Waals surface area contributed by atoms with Crippen LogP contribution in [0.1, 0.15) is 46.6 Å². The number of hydrogen-bond donors (Lipinski definition) is 0. The number of esters is 5. The Labute approximate surface area is 237 Å². The molecule has 1 aromatic rings. The van der Waals surface area contributed by atoms with Crippen molar-refractivity contribution >= 4 is 40.0 Å². The second-order valence-electron chi connectivity index (χ2n) is 9.15. The Bertz CT molecular complexity index is 1170. The minimum atomic E-state index is -4.06. The number of carbonyl (C=O) groups excluding carboxylic acids is 5. The molecule has 14 nitrogen and oxygen atoms in total. The molecule has 5 unspecified atom stereocenters. The fraction of sp³-hybridized carbons (Fsp3) is 0.577. The summed E-state index contributed by atoms with van der Waals surface area (Å²) in [4.78, 5) is 60.0. The zero-order valence-corrected chi connectivity index (χ0v) is 24.3. The van der Waals surface area contributed by atoms with E-state index < -0.39 is 76.6 Å². The van der Waals surface area contributed by atoms with E-state index in [1.54, 1.807) is 19.1 Å². The van der Waals surface area contributed by atoms with Crippen molar-refractivity contribution in [3.8, 4) is 0 Å². The van der Waals surface area contributed by atoms with Gasteiger partial charge in [-0.2, -0.15) is 8.42 Å². The van der Waals surface area contributed by atoms with Crippen LogP contribution in [0.5, 0.6) is 0 Å². The smallest absolute Gasteiger partial charge is 0.303 e. The maximum atomic E-state index is 12.5. The second kappa shape index (κ2) is 14.9. The normalized spacial score (nSPS) is 24.0. The highest BCUT2D eigenvalue weighted by Gasteiger charge is 2.59. The van der Waals surface area contributed by atoms with Crippen molar-refractivity contribution in [2.24, 2.45) is 0 Å². The maximum Gasteiger partial charge on any atom is 0.303 e. The summed E-state index contributed by atoms with van der Waals surface area (Å²) in [5.41, 5.74) is 0.865. The first-order chi connectivity index (χ1) is 19.1. The van der Waals surface area contributed by atoms with Gasteiger partial charge in [-0.1, -0.05) is 17.7 Å². The lowest BCUT2D eigenvalue weighted by atomic mass is 9.83. The zero-order valence-electron chi connectivity index (χ0n) is 23.5. The van der Waals surface area contributed by atoms with Crippen molar-refractivity contribution < 1.29 is 65.0 Å². The Morgan fingerprint density at radius 3 is 1.27 bits per heavy atom. The van der Waals surface area contributed by atoms with E-state index in [2.05, 4.69) is 0 Å². The molecular weight excluding hydrogens is 568 g/mol. The van der Waals surface area contributed by atoms with Crippen LogP contribution in [0.2, 0.25) is 0 Å². The van der Waals surface area contributed by atoms with Gasteiger partial charge < -0.3 is 28.4 Å². The number of benzene rings is 1. The molecule has 15 heteroatoms. The molecule has 228 valence electrons. The van der Waals surface area contributed by atoms with Crippen LogP contribution in [0.3, 0.4) is 0 Å². The molecule has 2 rings (SSSR count). The van der Waals surface area contributed by atoms with Crippen molar-refractivity contribution in [1.29, 1.82) is 0 Å². The Morgan fingerprint density at radius 2 is 0.927 bits per heavy atom. The van der Waals surface area contributed by atoms with E-state index in [-0.39, 0.29) is 24.5 Å². The van der Waals surface area contributed by atoms with Gasteiger partial charge in [-0.3, -0.25) is 28.2 Å². The van der Waals surface area contributed by atoms with Crippen LogP contribution < -0.4 is 0 Å². The predicted molar refractivity (Wildman–Crippen MR) is 136 cm³/mol. The SMILES string of the molecule is CC(=O)OC1C(OC(C)=O)C(OCCCOS(=O)(=O)c2ccc(C)cc2)[C@@H](OC(C)=O)C(OC(C)=O)C1OC(C)=O. The van der Waals surface area contributed by atoms with E-state index in [0.29, 0.717) is 0 Å². The number of carbonyl (C=O) groups is 5. The van der Waals surface area contributed by atoms with Gasteiger partial charge in [0.15, 0.2) is 30.5 Å². The Morgan fingerprint density at radius 1 is 0.585 bits per heavy atom. The third-order valence-corrected chi connectivity index (χ3v) is 6.93. The monoisotopic (exact) mass is 602 g/mol. The fourth-order valence-corrected chi connectivity index (χ4v) is 5.10. The molecule has 0 aliphatic heterocycles. The first kappa shape index (κ1) is 33.6. The standard InChI is InChI=1S/C26H34O14S/c1-14-8-10-20(11-9-14)41(32,33)35-13-7-12-34-21-22(36-15(2)27)24(38-17(4)29)26(40-19(6)31)25(39-18(5)30)23(21)37-16(3)28/h8-11,21-26H,7,12-13H2,1-6H3/t21?,22-,23?,24?,25?,26?/m1/s1.